The molecular weight excluding hydrogens is 200 g/mol. The Hall–Kier alpha value is -0.570. The van der Waals surface area contributed by atoms with Crippen LogP contribution in [0.15, 0.2) is 0 Å². The summed E-state index contributed by atoms with van der Waals surface area (Å²) in [6.07, 6.45) is 2.38. The first kappa shape index (κ1) is 13.5. The lowest BCUT2D eigenvalue weighted by atomic mass is 9.97. The highest BCUT2D eigenvalue weighted by molar-refractivity contribution is 5.78. The van der Waals surface area contributed by atoms with Crippen LogP contribution in [0.3, 0.4) is 0 Å². The van der Waals surface area contributed by atoms with Gasteiger partial charge in [-0.2, -0.15) is 0 Å². The SMILES string of the molecule is CCNCC(C)C(=O)NC1CCC(C)C1C. The summed E-state index contributed by atoms with van der Waals surface area (Å²) in [6.45, 7) is 10.3. The molecule has 94 valence electrons. The van der Waals surface area contributed by atoms with Crippen molar-refractivity contribution >= 4 is 5.91 Å². The minimum absolute atomic E-state index is 0.0723. The van der Waals surface area contributed by atoms with Gasteiger partial charge in [-0.15, -0.1) is 0 Å². The van der Waals surface area contributed by atoms with E-state index in [0.717, 1.165) is 25.4 Å². The molecule has 16 heavy (non-hydrogen) atoms. The second-order valence-electron chi connectivity index (χ2n) is 5.24. The van der Waals surface area contributed by atoms with Crippen LogP contribution in [0.5, 0.6) is 0 Å². The van der Waals surface area contributed by atoms with Crippen molar-refractivity contribution in [3.05, 3.63) is 0 Å². The molecule has 1 fully saturated rings. The van der Waals surface area contributed by atoms with E-state index in [0.29, 0.717) is 12.0 Å². The van der Waals surface area contributed by atoms with Crippen LogP contribution in [-0.4, -0.2) is 25.0 Å². The first-order valence-corrected chi connectivity index (χ1v) is 6.57. The lowest BCUT2D eigenvalue weighted by Gasteiger charge is -2.22. The molecule has 0 aromatic carbocycles. The summed E-state index contributed by atoms with van der Waals surface area (Å²) < 4.78 is 0. The van der Waals surface area contributed by atoms with Crippen LogP contribution in [-0.2, 0) is 4.79 Å². The zero-order valence-corrected chi connectivity index (χ0v) is 11.0. The summed E-state index contributed by atoms with van der Waals surface area (Å²) in [5, 5.41) is 6.40. The van der Waals surface area contributed by atoms with Crippen molar-refractivity contribution in [3.8, 4) is 0 Å². The van der Waals surface area contributed by atoms with Gasteiger partial charge < -0.3 is 10.6 Å². The summed E-state index contributed by atoms with van der Waals surface area (Å²) in [7, 11) is 0. The lowest BCUT2D eigenvalue weighted by molar-refractivity contribution is -0.125. The van der Waals surface area contributed by atoms with Crippen LogP contribution in [0, 0.1) is 17.8 Å². The quantitative estimate of drug-likeness (QED) is 0.750. The monoisotopic (exact) mass is 226 g/mol. The van der Waals surface area contributed by atoms with E-state index in [9.17, 15) is 4.79 Å². The van der Waals surface area contributed by atoms with Crippen molar-refractivity contribution < 1.29 is 4.79 Å². The van der Waals surface area contributed by atoms with Crippen LogP contribution < -0.4 is 10.6 Å². The minimum atomic E-state index is 0.0723. The van der Waals surface area contributed by atoms with Gasteiger partial charge in [0.25, 0.3) is 0 Å². The third-order valence-electron chi connectivity index (χ3n) is 3.94. The molecule has 0 radical (unpaired) electrons. The molecule has 4 atom stereocenters. The number of carbonyl (C=O) groups is 1. The van der Waals surface area contributed by atoms with Gasteiger partial charge in [-0.25, -0.2) is 0 Å². The third-order valence-corrected chi connectivity index (χ3v) is 3.94. The van der Waals surface area contributed by atoms with Gasteiger partial charge in [0, 0.05) is 18.5 Å². The Morgan fingerprint density at radius 2 is 2.06 bits per heavy atom. The highest BCUT2D eigenvalue weighted by Crippen LogP contribution is 2.31. The number of hydrogen-bond acceptors (Lipinski definition) is 2. The number of nitrogens with one attached hydrogen (secondary N) is 2. The molecule has 0 heterocycles. The van der Waals surface area contributed by atoms with Crippen molar-refractivity contribution in [2.24, 2.45) is 17.8 Å². The summed E-state index contributed by atoms with van der Waals surface area (Å²) in [4.78, 5) is 11.9. The van der Waals surface area contributed by atoms with E-state index in [2.05, 4.69) is 31.4 Å². The van der Waals surface area contributed by atoms with Crippen LogP contribution in [0.1, 0.15) is 40.5 Å². The van der Waals surface area contributed by atoms with Gasteiger partial charge in [-0.1, -0.05) is 27.7 Å². The van der Waals surface area contributed by atoms with E-state index in [1.54, 1.807) is 0 Å². The van der Waals surface area contributed by atoms with Gasteiger partial charge in [0.2, 0.25) is 5.91 Å². The molecule has 2 N–H and O–H groups in total. The Balaban J connectivity index is 2.33. The molecule has 1 aliphatic carbocycles. The van der Waals surface area contributed by atoms with E-state index in [4.69, 9.17) is 0 Å². The van der Waals surface area contributed by atoms with Crippen LogP contribution in [0.4, 0.5) is 0 Å². The molecule has 4 unspecified atom stereocenters. The highest BCUT2D eigenvalue weighted by atomic mass is 16.1. The van der Waals surface area contributed by atoms with Crippen LogP contribution in [0.25, 0.3) is 0 Å². The molecule has 3 heteroatoms. The van der Waals surface area contributed by atoms with Gasteiger partial charge in [0.15, 0.2) is 0 Å². The molecule has 3 nitrogen and oxygen atoms in total. The maximum atomic E-state index is 11.9. The van der Waals surface area contributed by atoms with E-state index >= 15 is 0 Å². The minimum Gasteiger partial charge on any atom is -0.353 e. The van der Waals surface area contributed by atoms with Gasteiger partial charge in [-0.05, 0) is 31.2 Å². The Morgan fingerprint density at radius 3 is 2.56 bits per heavy atom. The van der Waals surface area contributed by atoms with E-state index < -0.39 is 0 Å². The molecule has 1 amide bonds. The first-order valence-electron chi connectivity index (χ1n) is 6.57. The van der Waals surface area contributed by atoms with Crippen molar-refractivity contribution in [2.45, 2.75) is 46.6 Å². The summed E-state index contributed by atoms with van der Waals surface area (Å²) in [5.74, 6) is 1.64. The van der Waals surface area contributed by atoms with Crippen LogP contribution >= 0.6 is 0 Å². The molecular formula is C13H26N2O. The molecule has 1 aliphatic rings. The van der Waals surface area contributed by atoms with E-state index in [1.807, 2.05) is 6.92 Å². The number of carbonyl (C=O) groups excluding carboxylic acids is 1. The Bertz CT molecular complexity index is 230. The normalized spacial score (nSPS) is 31.4. The smallest absolute Gasteiger partial charge is 0.224 e. The fourth-order valence-electron chi connectivity index (χ4n) is 2.35. The maximum Gasteiger partial charge on any atom is 0.224 e. The van der Waals surface area contributed by atoms with Crippen molar-refractivity contribution in [2.75, 3.05) is 13.1 Å². The van der Waals surface area contributed by atoms with Gasteiger partial charge in [-0.3, -0.25) is 4.79 Å². The largest absolute Gasteiger partial charge is 0.353 e. The first-order chi connectivity index (χ1) is 7.56. The van der Waals surface area contributed by atoms with Crippen LogP contribution in [0.2, 0.25) is 0 Å². The number of amides is 1. The van der Waals surface area contributed by atoms with Crippen molar-refractivity contribution in [1.29, 1.82) is 0 Å². The Labute approximate surface area is 99.4 Å². The Morgan fingerprint density at radius 1 is 1.38 bits per heavy atom. The summed E-state index contributed by atoms with van der Waals surface area (Å²) in [5.41, 5.74) is 0. The molecule has 0 saturated heterocycles. The number of hydrogen-bond donors (Lipinski definition) is 2. The molecule has 0 spiro atoms. The van der Waals surface area contributed by atoms with Crippen molar-refractivity contribution in [3.63, 3.8) is 0 Å². The lowest BCUT2D eigenvalue weighted by Crippen LogP contribution is -2.42. The third kappa shape index (κ3) is 3.48. The molecule has 0 aliphatic heterocycles. The zero-order chi connectivity index (χ0) is 12.1. The molecule has 1 rings (SSSR count). The van der Waals surface area contributed by atoms with Crippen molar-refractivity contribution in [1.82, 2.24) is 10.6 Å². The molecule has 0 bridgehead atoms. The standard InChI is InChI=1S/C13H26N2O/c1-5-14-8-10(3)13(16)15-12-7-6-9(2)11(12)4/h9-12,14H,5-8H2,1-4H3,(H,15,16). The van der Waals surface area contributed by atoms with Gasteiger partial charge in [0.05, 0.1) is 0 Å². The molecule has 0 aromatic rings. The van der Waals surface area contributed by atoms with Gasteiger partial charge in [0.1, 0.15) is 0 Å². The molecule has 0 aromatic heterocycles. The highest BCUT2D eigenvalue weighted by Gasteiger charge is 2.31. The maximum absolute atomic E-state index is 11.9. The Kier molecular flexibility index (Phi) is 5.26. The fourth-order valence-corrected chi connectivity index (χ4v) is 2.35. The molecule has 1 saturated carbocycles. The van der Waals surface area contributed by atoms with E-state index in [1.165, 1.54) is 6.42 Å². The number of rotatable bonds is 5. The second-order valence-corrected chi connectivity index (χ2v) is 5.24. The topological polar surface area (TPSA) is 41.1 Å². The second kappa shape index (κ2) is 6.24. The predicted octanol–water partition coefficient (Wildman–Crippen LogP) is 1.78. The summed E-state index contributed by atoms with van der Waals surface area (Å²) >= 11 is 0. The fraction of sp³-hybridized carbons (Fsp3) is 0.923. The zero-order valence-electron chi connectivity index (χ0n) is 11.0. The average Bonchev–Trinajstić information content (AvgIpc) is 2.57. The van der Waals surface area contributed by atoms with Gasteiger partial charge >= 0.3 is 0 Å². The average molecular weight is 226 g/mol. The predicted molar refractivity (Wildman–Crippen MR) is 67.2 cm³/mol. The van der Waals surface area contributed by atoms with E-state index in [-0.39, 0.29) is 11.8 Å². The summed E-state index contributed by atoms with van der Waals surface area (Å²) in [6, 6.07) is 0.395.